The Morgan fingerprint density at radius 1 is 1.24 bits per heavy atom. The van der Waals surface area contributed by atoms with Crippen LogP contribution in [-0.4, -0.2) is 12.9 Å². The zero-order chi connectivity index (χ0) is 16.0. The predicted molar refractivity (Wildman–Crippen MR) is 89.3 cm³/mol. The molecule has 1 rings (SSSR count). The lowest BCUT2D eigenvalue weighted by atomic mass is 9.82. The fourth-order valence-corrected chi connectivity index (χ4v) is 2.68. The molecule has 0 spiro atoms. The molecule has 0 saturated heterocycles. The minimum absolute atomic E-state index is 0.0544. The van der Waals surface area contributed by atoms with Crippen molar-refractivity contribution < 1.29 is 9.53 Å². The Balaban J connectivity index is 3.02. The maximum Gasteiger partial charge on any atom is 0.132 e. The van der Waals surface area contributed by atoms with E-state index in [1.165, 1.54) is 11.1 Å². The van der Waals surface area contributed by atoms with E-state index in [9.17, 15) is 4.79 Å². The fourth-order valence-electron chi connectivity index (χ4n) is 2.68. The molecule has 0 amide bonds. The molecule has 0 radical (unpaired) electrons. The maximum atomic E-state index is 11.6. The van der Waals surface area contributed by atoms with Gasteiger partial charge in [-0.15, -0.1) is 0 Å². The SMILES string of the molecule is CCC(=O)CCC(CC)c1ccc(OC)c(C(C)(C)C)c1. The van der Waals surface area contributed by atoms with E-state index in [1.807, 2.05) is 6.92 Å². The third-order valence-electron chi connectivity index (χ3n) is 4.16. The zero-order valence-electron chi connectivity index (χ0n) is 14.5. The quantitative estimate of drug-likeness (QED) is 0.686. The van der Waals surface area contributed by atoms with Crippen LogP contribution in [0.25, 0.3) is 0 Å². The van der Waals surface area contributed by atoms with Gasteiger partial charge in [-0.25, -0.2) is 0 Å². The minimum atomic E-state index is 0.0544. The van der Waals surface area contributed by atoms with E-state index in [1.54, 1.807) is 7.11 Å². The first kappa shape index (κ1) is 17.7. The van der Waals surface area contributed by atoms with Gasteiger partial charge in [0.2, 0.25) is 0 Å². The molecule has 0 bridgehead atoms. The van der Waals surface area contributed by atoms with E-state index in [2.05, 4.69) is 45.9 Å². The Morgan fingerprint density at radius 2 is 1.90 bits per heavy atom. The molecule has 0 saturated carbocycles. The highest BCUT2D eigenvalue weighted by Gasteiger charge is 2.21. The molecule has 0 aliphatic heterocycles. The van der Waals surface area contributed by atoms with Crippen LogP contribution < -0.4 is 4.74 Å². The van der Waals surface area contributed by atoms with Crippen LogP contribution in [0.15, 0.2) is 18.2 Å². The fraction of sp³-hybridized carbons (Fsp3) is 0.632. The van der Waals surface area contributed by atoms with Gasteiger partial charge in [0, 0.05) is 12.8 Å². The van der Waals surface area contributed by atoms with Crippen LogP contribution in [0.1, 0.15) is 77.3 Å². The van der Waals surface area contributed by atoms with Crippen LogP contribution in [0.4, 0.5) is 0 Å². The highest BCUT2D eigenvalue weighted by molar-refractivity contribution is 5.78. The van der Waals surface area contributed by atoms with Gasteiger partial charge in [0.05, 0.1) is 7.11 Å². The summed E-state index contributed by atoms with van der Waals surface area (Å²) in [5.41, 5.74) is 2.62. The molecule has 118 valence electrons. The number of ketones is 1. The molecule has 0 N–H and O–H groups in total. The second-order valence-corrected chi connectivity index (χ2v) is 6.75. The number of ether oxygens (including phenoxy) is 1. The molecule has 0 heterocycles. The van der Waals surface area contributed by atoms with E-state index in [4.69, 9.17) is 4.74 Å². The van der Waals surface area contributed by atoms with E-state index < -0.39 is 0 Å². The Bertz CT molecular complexity index is 469. The third-order valence-corrected chi connectivity index (χ3v) is 4.16. The summed E-state index contributed by atoms with van der Waals surface area (Å²) in [6, 6.07) is 6.49. The van der Waals surface area contributed by atoms with Crippen LogP contribution in [0.3, 0.4) is 0 Å². The first-order valence-electron chi connectivity index (χ1n) is 8.03. The number of benzene rings is 1. The van der Waals surface area contributed by atoms with Gasteiger partial charge >= 0.3 is 0 Å². The highest BCUT2D eigenvalue weighted by atomic mass is 16.5. The number of methoxy groups -OCH3 is 1. The summed E-state index contributed by atoms with van der Waals surface area (Å²) in [7, 11) is 1.72. The van der Waals surface area contributed by atoms with Crippen LogP contribution in [-0.2, 0) is 10.2 Å². The van der Waals surface area contributed by atoms with Crippen molar-refractivity contribution in [3.63, 3.8) is 0 Å². The lowest BCUT2D eigenvalue weighted by Gasteiger charge is -2.25. The Morgan fingerprint density at radius 3 is 2.38 bits per heavy atom. The molecule has 21 heavy (non-hydrogen) atoms. The molecule has 1 aromatic rings. The second kappa shape index (κ2) is 7.63. The summed E-state index contributed by atoms with van der Waals surface area (Å²) in [5, 5.41) is 0. The van der Waals surface area contributed by atoms with Crippen LogP contribution in [0, 0.1) is 0 Å². The summed E-state index contributed by atoms with van der Waals surface area (Å²) in [6.45, 7) is 10.7. The van der Waals surface area contributed by atoms with Crippen LogP contribution in [0.5, 0.6) is 5.75 Å². The summed E-state index contributed by atoms with van der Waals surface area (Å²) >= 11 is 0. The molecular formula is C19H30O2. The smallest absolute Gasteiger partial charge is 0.132 e. The monoisotopic (exact) mass is 290 g/mol. The number of hydrogen-bond acceptors (Lipinski definition) is 2. The molecule has 2 heteroatoms. The summed E-state index contributed by atoms with van der Waals surface area (Å²) in [4.78, 5) is 11.6. The summed E-state index contributed by atoms with van der Waals surface area (Å²) < 4.78 is 5.50. The van der Waals surface area contributed by atoms with Crippen molar-refractivity contribution >= 4 is 5.78 Å². The number of carbonyl (C=O) groups excluding carboxylic acids is 1. The molecule has 0 fully saturated rings. The molecule has 0 aliphatic carbocycles. The topological polar surface area (TPSA) is 26.3 Å². The van der Waals surface area contributed by atoms with Crippen molar-refractivity contribution in [3.8, 4) is 5.75 Å². The molecule has 1 aromatic carbocycles. The predicted octanol–water partition coefficient (Wildman–Crippen LogP) is 5.25. The lowest BCUT2D eigenvalue weighted by molar-refractivity contribution is -0.118. The lowest BCUT2D eigenvalue weighted by Crippen LogP contribution is -2.14. The van der Waals surface area contributed by atoms with Gasteiger partial charge in [-0.1, -0.05) is 46.8 Å². The maximum absolute atomic E-state index is 11.6. The van der Waals surface area contributed by atoms with Crippen LogP contribution in [0.2, 0.25) is 0 Å². The van der Waals surface area contributed by atoms with E-state index in [0.29, 0.717) is 24.5 Å². The largest absolute Gasteiger partial charge is 0.496 e. The molecule has 0 aliphatic rings. The number of hydrogen-bond donors (Lipinski definition) is 0. The van der Waals surface area contributed by atoms with Crippen molar-refractivity contribution in [2.24, 2.45) is 0 Å². The van der Waals surface area contributed by atoms with Crippen LogP contribution >= 0.6 is 0 Å². The van der Waals surface area contributed by atoms with Crippen molar-refractivity contribution in [2.45, 2.75) is 71.6 Å². The Labute approximate surface area is 129 Å². The molecular weight excluding hydrogens is 260 g/mol. The highest BCUT2D eigenvalue weighted by Crippen LogP contribution is 2.35. The minimum Gasteiger partial charge on any atom is -0.496 e. The number of carbonyl (C=O) groups is 1. The van der Waals surface area contributed by atoms with E-state index in [0.717, 1.165) is 18.6 Å². The van der Waals surface area contributed by atoms with Gasteiger partial charge in [0.25, 0.3) is 0 Å². The van der Waals surface area contributed by atoms with Gasteiger partial charge < -0.3 is 4.74 Å². The van der Waals surface area contributed by atoms with E-state index in [-0.39, 0.29) is 5.41 Å². The van der Waals surface area contributed by atoms with Gasteiger partial charge in [-0.2, -0.15) is 0 Å². The molecule has 1 unspecified atom stereocenters. The Hall–Kier alpha value is -1.31. The third kappa shape index (κ3) is 4.87. The van der Waals surface area contributed by atoms with Crippen molar-refractivity contribution in [1.29, 1.82) is 0 Å². The van der Waals surface area contributed by atoms with E-state index >= 15 is 0 Å². The van der Waals surface area contributed by atoms with Gasteiger partial charge in [0.15, 0.2) is 0 Å². The van der Waals surface area contributed by atoms with Gasteiger partial charge in [0.1, 0.15) is 11.5 Å². The number of rotatable bonds is 7. The average molecular weight is 290 g/mol. The normalized spacial score (nSPS) is 13.0. The average Bonchev–Trinajstić information content (AvgIpc) is 2.46. The van der Waals surface area contributed by atoms with Gasteiger partial charge in [-0.05, 0) is 41.4 Å². The summed E-state index contributed by atoms with van der Waals surface area (Å²) in [6.07, 6.45) is 3.34. The molecule has 0 aromatic heterocycles. The van der Waals surface area contributed by atoms with Crippen molar-refractivity contribution in [3.05, 3.63) is 29.3 Å². The zero-order valence-corrected chi connectivity index (χ0v) is 14.5. The van der Waals surface area contributed by atoms with Crippen molar-refractivity contribution in [2.75, 3.05) is 7.11 Å². The Kier molecular flexibility index (Phi) is 6.44. The van der Waals surface area contributed by atoms with Crippen molar-refractivity contribution in [1.82, 2.24) is 0 Å². The summed E-state index contributed by atoms with van der Waals surface area (Å²) in [5.74, 6) is 1.76. The standard InChI is InChI=1S/C19H30O2/c1-7-14(9-11-16(20)8-2)15-10-12-18(21-6)17(13-15)19(3,4)5/h10,12-14H,7-9,11H2,1-6H3. The first-order valence-corrected chi connectivity index (χ1v) is 8.03. The second-order valence-electron chi connectivity index (χ2n) is 6.75. The molecule has 1 atom stereocenters. The number of Topliss-reactive ketones (excluding diaryl/α,β-unsaturated/α-hetero) is 1. The first-order chi connectivity index (χ1) is 9.83. The van der Waals surface area contributed by atoms with Gasteiger partial charge in [-0.3, -0.25) is 4.79 Å². The molecule has 2 nitrogen and oxygen atoms in total.